The van der Waals surface area contributed by atoms with E-state index < -0.39 is 0 Å². The molecule has 1 saturated heterocycles. The van der Waals surface area contributed by atoms with Crippen LogP contribution in [-0.4, -0.2) is 35.6 Å². The standard InChI is InChI=1S/C13H19N3O2/c1-9(2)12-14-7-6-11(15-12)16-8-4-5-10(16)13(17)18-3/h6-7,9-10H,4-5,8H2,1-3H3. The van der Waals surface area contributed by atoms with E-state index in [0.717, 1.165) is 31.0 Å². The van der Waals surface area contributed by atoms with Crippen molar-refractivity contribution in [2.75, 3.05) is 18.6 Å². The number of carbonyl (C=O) groups is 1. The number of hydrogen-bond donors (Lipinski definition) is 0. The molecule has 0 aromatic carbocycles. The van der Waals surface area contributed by atoms with Crippen molar-refractivity contribution in [3.63, 3.8) is 0 Å². The summed E-state index contributed by atoms with van der Waals surface area (Å²) in [7, 11) is 1.43. The van der Waals surface area contributed by atoms with Crippen LogP contribution in [0, 0.1) is 0 Å². The number of methoxy groups -OCH3 is 1. The van der Waals surface area contributed by atoms with Crippen molar-refractivity contribution in [2.45, 2.75) is 38.6 Å². The average Bonchev–Trinajstić information content (AvgIpc) is 2.87. The molecule has 5 heteroatoms. The Morgan fingerprint density at radius 3 is 3.00 bits per heavy atom. The Kier molecular flexibility index (Phi) is 3.79. The fraction of sp³-hybridized carbons (Fsp3) is 0.615. The second-order valence-electron chi connectivity index (χ2n) is 4.80. The molecule has 2 rings (SSSR count). The summed E-state index contributed by atoms with van der Waals surface area (Å²) in [4.78, 5) is 22.5. The van der Waals surface area contributed by atoms with E-state index in [1.165, 1.54) is 7.11 Å². The highest BCUT2D eigenvalue weighted by Crippen LogP contribution is 2.25. The van der Waals surface area contributed by atoms with Crippen molar-refractivity contribution in [2.24, 2.45) is 0 Å². The van der Waals surface area contributed by atoms with Crippen molar-refractivity contribution in [1.29, 1.82) is 0 Å². The van der Waals surface area contributed by atoms with Gasteiger partial charge in [0.2, 0.25) is 0 Å². The normalized spacial score (nSPS) is 19.3. The second kappa shape index (κ2) is 5.33. The minimum atomic E-state index is -0.204. The second-order valence-corrected chi connectivity index (χ2v) is 4.80. The molecule has 1 aromatic rings. The van der Waals surface area contributed by atoms with Crippen LogP contribution in [0.4, 0.5) is 5.82 Å². The van der Waals surface area contributed by atoms with Crippen molar-refractivity contribution in [1.82, 2.24) is 9.97 Å². The van der Waals surface area contributed by atoms with Gasteiger partial charge in [0.1, 0.15) is 17.7 Å². The van der Waals surface area contributed by atoms with Gasteiger partial charge in [0.15, 0.2) is 0 Å². The van der Waals surface area contributed by atoms with Gasteiger partial charge in [0, 0.05) is 18.7 Å². The molecule has 0 bridgehead atoms. The zero-order valence-corrected chi connectivity index (χ0v) is 11.1. The first-order valence-electron chi connectivity index (χ1n) is 6.31. The molecular formula is C13H19N3O2. The average molecular weight is 249 g/mol. The Morgan fingerprint density at radius 2 is 2.33 bits per heavy atom. The van der Waals surface area contributed by atoms with Crippen LogP contribution in [0.25, 0.3) is 0 Å². The van der Waals surface area contributed by atoms with E-state index in [-0.39, 0.29) is 17.9 Å². The van der Waals surface area contributed by atoms with Gasteiger partial charge >= 0.3 is 5.97 Å². The summed E-state index contributed by atoms with van der Waals surface area (Å²) in [5.74, 6) is 1.73. The van der Waals surface area contributed by atoms with Gasteiger partial charge in [-0.3, -0.25) is 0 Å². The van der Waals surface area contributed by atoms with E-state index in [9.17, 15) is 4.79 Å². The zero-order chi connectivity index (χ0) is 13.1. The SMILES string of the molecule is COC(=O)C1CCCN1c1ccnc(C(C)C)n1. The third-order valence-corrected chi connectivity index (χ3v) is 3.20. The van der Waals surface area contributed by atoms with E-state index in [2.05, 4.69) is 23.8 Å². The molecule has 1 atom stereocenters. The minimum Gasteiger partial charge on any atom is -0.467 e. The fourth-order valence-corrected chi connectivity index (χ4v) is 2.22. The molecule has 18 heavy (non-hydrogen) atoms. The predicted molar refractivity (Wildman–Crippen MR) is 68.5 cm³/mol. The Bertz CT molecular complexity index is 434. The molecule has 1 aromatic heterocycles. The fourth-order valence-electron chi connectivity index (χ4n) is 2.22. The number of aromatic nitrogens is 2. The quantitative estimate of drug-likeness (QED) is 0.764. The number of esters is 1. The van der Waals surface area contributed by atoms with Crippen LogP contribution in [0.1, 0.15) is 38.4 Å². The lowest BCUT2D eigenvalue weighted by molar-refractivity contribution is -0.141. The molecule has 0 amide bonds. The molecule has 1 unspecified atom stereocenters. The lowest BCUT2D eigenvalue weighted by Gasteiger charge is -2.24. The Hall–Kier alpha value is -1.65. The highest BCUT2D eigenvalue weighted by Gasteiger charge is 2.32. The largest absolute Gasteiger partial charge is 0.467 e. The summed E-state index contributed by atoms with van der Waals surface area (Å²) in [6.07, 6.45) is 3.57. The van der Waals surface area contributed by atoms with Gasteiger partial charge in [-0.1, -0.05) is 13.8 Å². The number of hydrogen-bond acceptors (Lipinski definition) is 5. The summed E-state index contributed by atoms with van der Waals surface area (Å²) in [5.41, 5.74) is 0. The number of anilines is 1. The Balaban J connectivity index is 2.24. The molecule has 0 spiro atoms. The number of carbonyl (C=O) groups excluding carboxylic acids is 1. The molecular weight excluding hydrogens is 230 g/mol. The molecule has 0 N–H and O–H groups in total. The molecule has 0 aliphatic carbocycles. The van der Waals surface area contributed by atoms with Crippen LogP contribution in [0.2, 0.25) is 0 Å². The summed E-state index contributed by atoms with van der Waals surface area (Å²) in [6, 6.07) is 1.65. The first-order valence-corrected chi connectivity index (χ1v) is 6.31. The maximum absolute atomic E-state index is 11.7. The summed E-state index contributed by atoms with van der Waals surface area (Å²) in [5, 5.41) is 0. The third kappa shape index (κ3) is 2.44. The highest BCUT2D eigenvalue weighted by molar-refractivity contribution is 5.80. The number of ether oxygens (including phenoxy) is 1. The van der Waals surface area contributed by atoms with Crippen molar-refractivity contribution >= 4 is 11.8 Å². The van der Waals surface area contributed by atoms with Crippen LogP contribution in [0.3, 0.4) is 0 Å². The van der Waals surface area contributed by atoms with Crippen molar-refractivity contribution in [3.8, 4) is 0 Å². The topological polar surface area (TPSA) is 55.3 Å². The molecule has 98 valence electrons. The Labute approximate surface area is 107 Å². The van der Waals surface area contributed by atoms with E-state index >= 15 is 0 Å². The smallest absolute Gasteiger partial charge is 0.328 e. The maximum Gasteiger partial charge on any atom is 0.328 e. The molecule has 1 fully saturated rings. The van der Waals surface area contributed by atoms with E-state index in [4.69, 9.17) is 4.74 Å². The monoisotopic (exact) mass is 249 g/mol. The summed E-state index contributed by atoms with van der Waals surface area (Å²) in [6.45, 7) is 4.95. The minimum absolute atomic E-state index is 0.183. The van der Waals surface area contributed by atoms with E-state index in [0.29, 0.717) is 0 Å². The van der Waals surface area contributed by atoms with Crippen LogP contribution in [0.15, 0.2) is 12.3 Å². The van der Waals surface area contributed by atoms with Gasteiger partial charge in [-0.15, -0.1) is 0 Å². The molecule has 1 aliphatic heterocycles. The van der Waals surface area contributed by atoms with E-state index in [1.807, 2.05) is 11.0 Å². The van der Waals surface area contributed by atoms with Crippen LogP contribution >= 0.6 is 0 Å². The highest BCUT2D eigenvalue weighted by atomic mass is 16.5. The van der Waals surface area contributed by atoms with Gasteiger partial charge in [0.05, 0.1) is 7.11 Å². The molecule has 1 aliphatic rings. The lowest BCUT2D eigenvalue weighted by Crippen LogP contribution is -2.37. The lowest BCUT2D eigenvalue weighted by atomic mass is 10.2. The van der Waals surface area contributed by atoms with Crippen molar-refractivity contribution in [3.05, 3.63) is 18.1 Å². The van der Waals surface area contributed by atoms with Crippen molar-refractivity contribution < 1.29 is 9.53 Å². The first kappa shape index (κ1) is 12.8. The van der Waals surface area contributed by atoms with E-state index in [1.54, 1.807) is 6.20 Å². The molecule has 5 nitrogen and oxygen atoms in total. The predicted octanol–water partition coefficient (Wildman–Crippen LogP) is 1.74. The summed E-state index contributed by atoms with van der Waals surface area (Å²) < 4.78 is 4.84. The van der Waals surface area contributed by atoms with Gasteiger partial charge in [-0.2, -0.15) is 0 Å². The molecule has 0 saturated carbocycles. The molecule has 0 radical (unpaired) electrons. The van der Waals surface area contributed by atoms with Crippen LogP contribution < -0.4 is 4.90 Å². The zero-order valence-electron chi connectivity index (χ0n) is 11.1. The summed E-state index contributed by atoms with van der Waals surface area (Å²) >= 11 is 0. The van der Waals surface area contributed by atoms with Crippen LogP contribution in [0.5, 0.6) is 0 Å². The Morgan fingerprint density at radius 1 is 1.56 bits per heavy atom. The maximum atomic E-state index is 11.7. The van der Waals surface area contributed by atoms with Gasteiger partial charge < -0.3 is 9.64 Å². The van der Waals surface area contributed by atoms with Crippen LogP contribution in [-0.2, 0) is 9.53 Å². The molecule has 2 heterocycles. The third-order valence-electron chi connectivity index (χ3n) is 3.20. The van der Waals surface area contributed by atoms with Gasteiger partial charge in [-0.05, 0) is 18.9 Å². The van der Waals surface area contributed by atoms with Gasteiger partial charge in [-0.25, -0.2) is 14.8 Å². The number of rotatable bonds is 3. The van der Waals surface area contributed by atoms with Gasteiger partial charge in [0.25, 0.3) is 0 Å². The number of nitrogens with zero attached hydrogens (tertiary/aromatic N) is 3. The first-order chi connectivity index (χ1) is 8.63.